The van der Waals surface area contributed by atoms with Gasteiger partial charge in [0.05, 0.1) is 0 Å². The first-order valence-electron chi connectivity index (χ1n) is 13.3. The van der Waals surface area contributed by atoms with E-state index in [1.165, 1.54) is 31.5 Å². The number of nitrogens with zero attached hydrogens (tertiary/aromatic N) is 1. The first-order valence-corrected chi connectivity index (χ1v) is 13.3. The summed E-state index contributed by atoms with van der Waals surface area (Å²) in [6, 6.07) is 0. The summed E-state index contributed by atoms with van der Waals surface area (Å²) >= 11 is 0. The highest BCUT2D eigenvalue weighted by Gasteiger charge is 2.55. The van der Waals surface area contributed by atoms with Crippen LogP contribution in [0.25, 0.3) is 0 Å². The molecule has 2 saturated heterocycles. The Morgan fingerprint density at radius 1 is 0.902 bits per heavy atom. The SMILES string of the molecule is C#C[C@]1(CC)OC(OC(C)=O)[C@@H](OC(C)=O)C1C.C#C[C@]1(CC)O[C@@H](n2cc(C)c(=O)[nH]c2=O)[C@@H](OC(C)=O)C1C. The number of aromatic nitrogens is 2. The number of terminal acetylenes is 2. The van der Waals surface area contributed by atoms with Crippen LogP contribution in [0.5, 0.6) is 0 Å². The summed E-state index contributed by atoms with van der Waals surface area (Å²) in [7, 11) is 0. The van der Waals surface area contributed by atoms with Gasteiger partial charge in [0.25, 0.3) is 5.56 Å². The molecule has 3 unspecified atom stereocenters. The summed E-state index contributed by atoms with van der Waals surface area (Å²) in [5.74, 6) is 3.18. The minimum absolute atomic E-state index is 0.249. The van der Waals surface area contributed by atoms with Gasteiger partial charge in [-0.15, -0.1) is 12.8 Å². The average molecular weight is 575 g/mol. The molecule has 0 radical (unpaired) electrons. The number of hydrogen-bond donors (Lipinski definition) is 1. The van der Waals surface area contributed by atoms with Gasteiger partial charge in [-0.2, -0.15) is 0 Å². The van der Waals surface area contributed by atoms with E-state index in [-0.39, 0.29) is 11.8 Å². The van der Waals surface area contributed by atoms with Crippen molar-refractivity contribution >= 4 is 17.9 Å². The molecule has 3 rings (SSSR count). The van der Waals surface area contributed by atoms with Crippen molar-refractivity contribution < 1.29 is 38.1 Å². The molecule has 0 spiro atoms. The monoisotopic (exact) mass is 574 g/mol. The van der Waals surface area contributed by atoms with Gasteiger partial charge in [0.1, 0.15) is 11.2 Å². The van der Waals surface area contributed by atoms with Crippen molar-refractivity contribution in [2.24, 2.45) is 11.8 Å². The second-order valence-corrected chi connectivity index (χ2v) is 10.1. The van der Waals surface area contributed by atoms with Gasteiger partial charge < -0.3 is 23.7 Å². The maximum Gasteiger partial charge on any atom is 0.330 e. The third-order valence-corrected chi connectivity index (χ3v) is 7.51. The molecule has 41 heavy (non-hydrogen) atoms. The van der Waals surface area contributed by atoms with E-state index in [0.717, 1.165) is 0 Å². The van der Waals surface area contributed by atoms with Gasteiger partial charge in [0.2, 0.25) is 6.29 Å². The van der Waals surface area contributed by atoms with Gasteiger partial charge in [-0.25, -0.2) is 4.79 Å². The molecule has 2 aliphatic heterocycles. The van der Waals surface area contributed by atoms with Crippen LogP contribution in [0.1, 0.15) is 73.1 Å². The van der Waals surface area contributed by atoms with Crippen LogP contribution in [-0.2, 0) is 38.1 Å². The van der Waals surface area contributed by atoms with Crippen LogP contribution in [-0.4, -0.2) is 57.2 Å². The Morgan fingerprint density at radius 3 is 1.83 bits per heavy atom. The molecule has 1 aromatic rings. The van der Waals surface area contributed by atoms with Gasteiger partial charge >= 0.3 is 23.6 Å². The fourth-order valence-electron chi connectivity index (χ4n) is 5.08. The highest BCUT2D eigenvalue weighted by Crippen LogP contribution is 2.44. The first-order chi connectivity index (χ1) is 19.1. The quantitative estimate of drug-likeness (QED) is 0.303. The number of carbonyl (C=O) groups excluding carboxylic acids is 3. The topological polar surface area (TPSA) is 152 Å². The second-order valence-electron chi connectivity index (χ2n) is 10.1. The van der Waals surface area contributed by atoms with E-state index < -0.39 is 65.1 Å². The van der Waals surface area contributed by atoms with E-state index in [1.54, 1.807) is 6.92 Å². The number of rotatable bonds is 6. The lowest BCUT2D eigenvalue weighted by molar-refractivity contribution is -0.199. The number of aryl methyl sites for hydroxylation is 1. The number of aromatic amines is 1. The van der Waals surface area contributed by atoms with Crippen LogP contribution in [0.2, 0.25) is 0 Å². The zero-order valence-electron chi connectivity index (χ0n) is 24.6. The van der Waals surface area contributed by atoms with Crippen molar-refractivity contribution in [1.82, 2.24) is 9.55 Å². The fourth-order valence-corrected chi connectivity index (χ4v) is 5.08. The number of carbonyl (C=O) groups is 3. The van der Waals surface area contributed by atoms with Crippen molar-refractivity contribution in [1.29, 1.82) is 0 Å². The molecule has 0 aromatic carbocycles. The maximum absolute atomic E-state index is 12.1. The zero-order chi connectivity index (χ0) is 31.3. The third kappa shape index (κ3) is 6.89. The van der Waals surface area contributed by atoms with Crippen LogP contribution >= 0.6 is 0 Å². The molecule has 2 fully saturated rings. The molecule has 12 nitrogen and oxygen atoms in total. The summed E-state index contributed by atoms with van der Waals surface area (Å²) in [5.41, 5.74) is -2.59. The number of hydrogen-bond acceptors (Lipinski definition) is 10. The van der Waals surface area contributed by atoms with Crippen LogP contribution in [0.15, 0.2) is 15.8 Å². The summed E-state index contributed by atoms with van der Waals surface area (Å²) in [6.07, 6.45) is 10.3. The number of ether oxygens (including phenoxy) is 5. The maximum atomic E-state index is 12.1. The molecule has 0 amide bonds. The lowest BCUT2D eigenvalue weighted by Crippen LogP contribution is -2.38. The van der Waals surface area contributed by atoms with Crippen molar-refractivity contribution in [3.8, 4) is 24.7 Å². The molecule has 0 saturated carbocycles. The Balaban J connectivity index is 0.000000296. The lowest BCUT2D eigenvalue weighted by atomic mass is 9.85. The molecular formula is C29H38N2O10. The van der Waals surface area contributed by atoms with E-state index in [4.69, 9.17) is 36.5 Å². The number of esters is 3. The highest BCUT2D eigenvalue weighted by molar-refractivity contribution is 5.67. The van der Waals surface area contributed by atoms with Crippen LogP contribution < -0.4 is 11.2 Å². The van der Waals surface area contributed by atoms with Gasteiger partial charge in [-0.1, -0.05) is 39.5 Å². The Bertz CT molecular complexity index is 1350. The number of nitrogens with one attached hydrogen (secondary N) is 1. The van der Waals surface area contributed by atoms with Crippen molar-refractivity contribution in [3.05, 3.63) is 32.6 Å². The van der Waals surface area contributed by atoms with E-state index in [1.807, 2.05) is 27.7 Å². The molecule has 8 atom stereocenters. The van der Waals surface area contributed by atoms with Gasteiger partial charge in [-0.05, 0) is 19.8 Å². The van der Waals surface area contributed by atoms with Gasteiger partial charge in [0.15, 0.2) is 18.4 Å². The molecule has 224 valence electrons. The normalized spacial score (nSPS) is 32.0. The zero-order valence-corrected chi connectivity index (χ0v) is 24.6. The fraction of sp³-hybridized carbons (Fsp3) is 0.621. The highest BCUT2D eigenvalue weighted by atomic mass is 16.7. The molecule has 3 heterocycles. The molecule has 0 aliphatic carbocycles. The van der Waals surface area contributed by atoms with E-state index in [0.29, 0.717) is 18.4 Å². The van der Waals surface area contributed by atoms with E-state index >= 15 is 0 Å². The lowest BCUT2D eigenvalue weighted by Gasteiger charge is -2.25. The van der Waals surface area contributed by atoms with Crippen molar-refractivity contribution in [3.63, 3.8) is 0 Å². The Morgan fingerprint density at radius 2 is 1.37 bits per heavy atom. The van der Waals surface area contributed by atoms with Gasteiger partial charge in [-0.3, -0.25) is 28.7 Å². The molecular weight excluding hydrogens is 536 g/mol. The molecule has 2 aliphatic rings. The predicted octanol–water partition coefficient (Wildman–Crippen LogP) is 1.98. The standard InChI is InChI=1S/C16H20N2O5.C13H18O5/c1-6-16(7-2)10(4)12(22-11(5)19)14(23-16)18-8-9(3)13(20)17-15(18)21;1-6-13(7-2)8(3)11(16-9(4)14)12(18-13)17-10(5)15/h1,8,10,12,14H,7H2,2-5H3,(H,17,20,21);1,8,11-12H,7H2,2-5H3/t10?,12-,14+,16+;8?,11-,12?,13+/m00/s1. The molecule has 1 aromatic heterocycles. The summed E-state index contributed by atoms with van der Waals surface area (Å²) in [4.78, 5) is 59.5. The minimum Gasteiger partial charge on any atom is -0.457 e. The van der Waals surface area contributed by atoms with Crippen molar-refractivity contribution in [2.45, 2.75) is 104 Å². The Kier molecular flexibility index (Phi) is 10.7. The third-order valence-electron chi connectivity index (χ3n) is 7.51. The Labute approximate surface area is 239 Å². The van der Waals surface area contributed by atoms with Crippen molar-refractivity contribution in [2.75, 3.05) is 0 Å². The molecule has 0 bridgehead atoms. The summed E-state index contributed by atoms with van der Waals surface area (Å²) < 4.78 is 28.4. The van der Waals surface area contributed by atoms with Crippen LogP contribution in [0.3, 0.4) is 0 Å². The second kappa shape index (κ2) is 13.2. The van der Waals surface area contributed by atoms with E-state index in [2.05, 4.69) is 16.8 Å². The molecule has 12 heteroatoms. The number of H-pyrrole nitrogens is 1. The molecule has 1 N–H and O–H groups in total. The van der Waals surface area contributed by atoms with Gasteiger partial charge in [0, 0.05) is 44.4 Å². The largest absolute Gasteiger partial charge is 0.457 e. The Hall–Kier alpha value is -3.87. The predicted molar refractivity (Wildman–Crippen MR) is 146 cm³/mol. The van der Waals surface area contributed by atoms with Crippen LogP contribution in [0.4, 0.5) is 0 Å². The average Bonchev–Trinajstić information content (AvgIpc) is 3.32. The van der Waals surface area contributed by atoms with E-state index in [9.17, 15) is 24.0 Å². The smallest absolute Gasteiger partial charge is 0.330 e. The summed E-state index contributed by atoms with van der Waals surface area (Å²) in [6.45, 7) is 12.8. The summed E-state index contributed by atoms with van der Waals surface area (Å²) in [5, 5.41) is 0. The van der Waals surface area contributed by atoms with Crippen LogP contribution in [0, 0.1) is 43.4 Å². The minimum atomic E-state index is -0.950. The first kappa shape index (κ1) is 33.3.